The summed E-state index contributed by atoms with van der Waals surface area (Å²) in [5.41, 5.74) is 1.03. The zero-order valence-corrected chi connectivity index (χ0v) is 15.7. The molecule has 0 bridgehead atoms. The van der Waals surface area contributed by atoms with Crippen molar-refractivity contribution in [3.8, 4) is 5.75 Å². The minimum Gasteiger partial charge on any atom is -0.497 e. The van der Waals surface area contributed by atoms with Crippen molar-refractivity contribution < 1.29 is 23.8 Å². The second-order valence-corrected chi connectivity index (χ2v) is 7.46. The predicted molar refractivity (Wildman–Crippen MR) is 97.0 cm³/mol. The van der Waals surface area contributed by atoms with Crippen LogP contribution in [0.2, 0.25) is 0 Å². The number of likely N-dealkylation sites (tertiary alicyclic amines) is 2. The number of hydrogen-bond acceptors (Lipinski definition) is 5. The van der Waals surface area contributed by atoms with Gasteiger partial charge in [0.25, 0.3) is 0 Å². The molecule has 1 atom stereocenters. The number of carbonyl (C=O) groups excluding carboxylic acids is 2. The summed E-state index contributed by atoms with van der Waals surface area (Å²) in [6.45, 7) is 3.52. The van der Waals surface area contributed by atoms with Crippen molar-refractivity contribution >= 4 is 11.8 Å². The monoisotopic (exact) mass is 374 g/mol. The van der Waals surface area contributed by atoms with E-state index >= 15 is 0 Å². The molecule has 1 aromatic carbocycles. The van der Waals surface area contributed by atoms with Crippen LogP contribution in [0.4, 0.5) is 0 Å². The number of nitrogens with zero attached hydrogens (tertiary/aromatic N) is 2. The Balaban J connectivity index is 1.32. The van der Waals surface area contributed by atoms with E-state index in [-0.39, 0.29) is 17.7 Å². The Bertz CT molecular complexity index is 689. The molecule has 1 aromatic rings. The van der Waals surface area contributed by atoms with Gasteiger partial charge in [0.2, 0.25) is 11.8 Å². The summed E-state index contributed by atoms with van der Waals surface area (Å²) in [5, 5.41) is 0. The Hall–Kier alpha value is -2.12. The molecule has 0 saturated carbocycles. The lowest BCUT2D eigenvalue weighted by atomic mass is 10.0. The van der Waals surface area contributed by atoms with Crippen molar-refractivity contribution in [2.24, 2.45) is 5.92 Å². The van der Waals surface area contributed by atoms with Gasteiger partial charge < -0.3 is 24.0 Å². The fourth-order valence-electron chi connectivity index (χ4n) is 4.15. The van der Waals surface area contributed by atoms with E-state index in [2.05, 4.69) is 0 Å². The SMILES string of the molecule is COc1ccc(CN2CC(C(=O)N3CCC4(CC3)OCCO4)CC2=O)cc1. The second-order valence-electron chi connectivity index (χ2n) is 7.46. The van der Waals surface area contributed by atoms with Gasteiger partial charge in [0.1, 0.15) is 5.75 Å². The molecule has 1 unspecified atom stereocenters. The number of rotatable bonds is 4. The second kappa shape index (κ2) is 7.48. The van der Waals surface area contributed by atoms with Crippen LogP contribution in [0.5, 0.6) is 5.75 Å². The Morgan fingerprint density at radius 2 is 1.85 bits per heavy atom. The molecule has 0 N–H and O–H groups in total. The maximum absolute atomic E-state index is 12.9. The standard InChI is InChI=1S/C20H26N2O5/c1-25-17-4-2-15(3-5-17)13-22-14-16(12-18(22)23)19(24)21-8-6-20(7-9-21)26-10-11-27-20/h2-5,16H,6-14H2,1H3. The third kappa shape index (κ3) is 3.80. The highest BCUT2D eigenvalue weighted by molar-refractivity contribution is 5.89. The summed E-state index contributed by atoms with van der Waals surface area (Å²) in [6.07, 6.45) is 1.70. The molecule has 3 heterocycles. The lowest BCUT2D eigenvalue weighted by Crippen LogP contribution is -2.49. The summed E-state index contributed by atoms with van der Waals surface area (Å²) >= 11 is 0. The van der Waals surface area contributed by atoms with Crippen LogP contribution in [-0.4, -0.2) is 67.4 Å². The smallest absolute Gasteiger partial charge is 0.228 e. The van der Waals surface area contributed by atoms with Gasteiger partial charge in [-0.1, -0.05) is 12.1 Å². The highest BCUT2D eigenvalue weighted by Crippen LogP contribution is 2.32. The van der Waals surface area contributed by atoms with Gasteiger partial charge in [-0.05, 0) is 17.7 Å². The first-order valence-corrected chi connectivity index (χ1v) is 9.56. The van der Waals surface area contributed by atoms with E-state index in [1.165, 1.54) is 0 Å². The molecule has 7 nitrogen and oxygen atoms in total. The fourth-order valence-corrected chi connectivity index (χ4v) is 4.15. The number of amides is 2. The van der Waals surface area contributed by atoms with Crippen LogP contribution in [0.15, 0.2) is 24.3 Å². The van der Waals surface area contributed by atoms with Crippen molar-refractivity contribution in [2.75, 3.05) is 40.0 Å². The summed E-state index contributed by atoms with van der Waals surface area (Å²) in [6, 6.07) is 7.67. The number of ether oxygens (including phenoxy) is 3. The Kier molecular flexibility index (Phi) is 5.06. The van der Waals surface area contributed by atoms with Gasteiger partial charge in [0.15, 0.2) is 5.79 Å². The van der Waals surface area contributed by atoms with Crippen LogP contribution < -0.4 is 4.74 Å². The molecular formula is C20H26N2O5. The minimum absolute atomic E-state index is 0.0418. The van der Waals surface area contributed by atoms with Gasteiger partial charge in [-0.2, -0.15) is 0 Å². The maximum atomic E-state index is 12.9. The lowest BCUT2D eigenvalue weighted by molar-refractivity contribution is -0.188. The molecule has 27 heavy (non-hydrogen) atoms. The van der Waals surface area contributed by atoms with Crippen molar-refractivity contribution in [2.45, 2.75) is 31.6 Å². The van der Waals surface area contributed by atoms with E-state index in [9.17, 15) is 9.59 Å². The normalized spacial score (nSPS) is 24.6. The summed E-state index contributed by atoms with van der Waals surface area (Å²) in [7, 11) is 1.63. The number of benzene rings is 1. The topological polar surface area (TPSA) is 68.3 Å². The van der Waals surface area contributed by atoms with E-state index in [0.717, 1.165) is 11.3 Å². The van der Waals surface area contributed by atoms with Crippen LogP contribution in [0, 0.1) is 5.92 Å². The number of piperidine rings is 1. The van der Waals surface area contributed by atoms with E-state index in [1.807, 2.05) is 29.2 Å². The van der Waals surface area contributed by atoms with E-state index in [0.29, 0.717) is 58.7 Å². The van der Waals surface area contributed by atoms with Crippen molar-refractivity contribution in [1.29, 1.82) is 0 Å². The molecule has 1 spiro atoms. The molecule has 0 radical (unpaired) electrons. The fraction of sp³-hybridized carbons (Fsp3) is 0.600. The molecule has 7 heteroatoms. The highest BCUT2D eigenvalue weighted by atomic mass is 16.7. The molecule has 2 amide bonds. The van der Waals surface area contributed by atoms with Crippen LogP contribution >= 0.6 is 0 Å². The largest absolute Gasteiger partial charge is 0.497 e. The minimum atomic E-state index is -0.483. The molecule has 0 aromatic heterocycles. The van der Waals surface area contributed by atoms with E-state index < -0.39 is 5.79 Å². The summed E-state index contributed by atoms with van der Waals surface area (Å²) < 4.78 is 16.6. The highest BCUT2D eigenvalue weighted by Gasteiger charge is 2.43. The predicted octanol–water partition coefficient (Wildman–Crippen LogP) is 1.41. The molecule has 3 aliphatic rings. The lowest BCUT2D eigenvalue weighted by Gasteiger charge is -2.38. The third-order valence-electron chi connectivity index (χ3n) is 5.75. The van der Waals surface area contributed by atoms with Crippen molar-refractivity contribution in [3.63, 3.8) is 0 Å². The molecule has 4 rings (SSSR count). The summed E-state index contributed by atoms with van der Waals surface area (Å²) in [4.78, 5) is 28.9. The molecule has 3 aliphatic heterocycles. The average Bonchev–Trinajstić information content (AvgIpc) is 3.30. The molecule has 146 valence electrons. The first-order valence-electron chi connectivity index (χ1n) is 9.56. The van der Waals surface area contributed by atoms with Gasteiger partial charge >= 0.3 is 0 Å². The quantitative estimate of drug-likeness (QED) is 0.797. The molecule has 0 aliphatic carbocycles. The number of hydrogen-bond donors (Lipinski definition) is 0. The van der Waals surface area contributed by atoms with Gasteiger partial charge in [-0.25, -0.2) is 0 Å². The Labute approximate surface area is 159 Å². The van der Waals surface area contributed by atoms with Gasteiger partial charge in [-0.15, -0.1) is 0 Å². The van der Waals surface area contributed by atoms with Gasteiger partial charge in [0, 0.05) is 45.4 Å². The molecule has 3 fully saturated rings. The van der Waals surface area contributed by atoms with Crippen molar-refractivity contribution in [1.82, 2.24) is 9.80 Å². The van der Waals surface area contributed by atoms with Crippen LogP contribution in [-0.2, 0) is 25.6 Å². The first kappa shape index (κ1) is 18.3. The van der Waals surface area contributed by atoms with Crippen molar-refractivity contribution in [3.05, 3.63) is 29.8 Å². The van der Waals surface area contributed by atoms with E-state index in [1.54, 1.807) is 12.0 Å². The Morgan fingerprint density at radius 3 is 2.48 bits per heavy atom. The van der Waals surface area contributed by atoms with Crippen LogP contribution in [0.25, 0.3) is 0 Å². The number of carbonyl (C=O) groups is 2. The van der Waals surface area contributed by atoms with E-state index in [4.69, 9.17) is 14.2 Å². The molecular weight excluding hydrogens is 348 g/mol. The Morgan fingerprint density at radius 1 is 1.19 bits per heavy atom. The summed E-state index contributed by atoms with van der Waals surface area (Å²) in [5.74, 6) is 0.171. The average molecular weight is 374 g/mol. The molecule has 3 saturated heterocycles. The van der Waals surface area contributed by atoms with Gasteiger partial charge in [0.05, 0.1) is 26.2 Å². The third-order valence-corrected chi connectivity index (χ3v) is 5.75. The zero-order valence-electron chi connectivity index (χ0n) is 15.7. The maximum Gasteiger partial charge on any atom is 0.228 e. The van der Waals surface area contributed by atoms with Crippen LogP contribution in [0.1, 0.15) is 24.8 Å². The first-order chi connectivity index (χ1) is 13.1. The van der Waals surface area contributed by atoms with Gasteiger partial charge in [-0.3, -0.25) is 9.59 Å². The van der Waals surface area contributed by atoms with Crippen LogP contribution in [0.3, 0.4) is 0 Å². The zero-order chi connectivity index (χ0) is 18.9. The number of methoxy groups -OCH3 is 1.